The maximum Gasteiger partial charge on any atom is 0.328 e. The largest absolute Gasteiger partial charge is 0.491 e. The zero-order chi connectivity index (χ0) is 27.3. The van der Waals surface area contributed by atoms with E-state index in [1.54, 1.807) is 29.5 Å². The van der Waals surface area contributed by atoms with E-state index in [0.29, 0.717) is 41.2 Å². The predicted molar refractivity (Wildman–Crippen MR) is 145 cm³/mol. The highest BCUT2D eigenvalue weighted by atomic mass is 32.1. The smallest absolute Gasteiger partial charge is 0.328 e. The number of hydrogen-bond acceptors (Lipinski definition) is 8. The van der Waals surface area contributed by atoms with E-state index in [1.807, 2.05) is 36.4 Å². The molecule has 0 amide bonds. The van der Waals surface area contributed by atoms with Crippen molar-refractivity contribution in [3.63, 3.8) is 0 Å². The standard InChI is InChI=1S/C24H23NO4S.C4H4O4/c26-18(15-25-11-10-20-7-4-12-30-20)16-28-19-8-9-21-22(27)14-23(29-24(21)13-19)17-5-2-1-3-6-17;5-3(6)1-2-4(7)8/h1-9,12-14,18,25-26H,10-11,15-16H2;1-2H,(H,5,6)(H,7,8)/b;2-1-. The van der Waals surface area contributed by atoms with Gasteiger partial charge in [-0.15, -0.1) is 11.3 Å². The Balaban J connectivity index is 0.000000436. The molecule has 9 nitrogen and oxygen atoms in total. The van der Waals surface area contributed by atoms with Crippen molar-refractivity contribution >= 4 is 34.2 Å². The third-order valence-corrected chi connectivity index (χ3v) is 6.01. The van der Waals surface area contributed by atoms with Crippen LogP contribution in [-0.2, 0) is 16.0 Å². The van der Waals surface area contributed by atoms with Crippen molar-refractivity contribution in [3.8, 4) is 17.1 Å². The molecule has 0 aliphatic carbocycles. The van der Waals surface area contributed by atoms with Crippen molar-refractivity contribution in [1.82, 2.24) is 5.32 Å². The number of hydrogen-bond donors (Lipinski definition) is 4. The third kappa shape index (κ3) is 9.32. The molecule has 1 atom stereocenters. The fourth-order valence-electron chi connectivity index (χ4n) is 3.30. The van der Waals surface area contributed by atoms with Crippen molar-refractivity contribution in [1.29, 1.82) is 0 Å². The third-order valence-electron chi connectivity index (χ3n) is 5.08. The Morgan fingerprint density at radius 2 is 1.74 bits per heavy atom. The van der Waals surface area contributed by atoms with Crippen LogP contribution in [0, 0.1) is 0 Å². The molecule has 4 N–H and O–H groups in total. The molecule has 10 heteroatoms. The van der Waals surface area contributed by atoms with Crippen LogP contribution in [0.2, 0.25) is 0 Å². The lowest BCUT2D eigenvalue weighted by atomic mass is 10.1. The molecule has 198 valence electrons. The minimum atomic E-state index is -1.26. The minimum Gasteiger partial charge on any atom is -0.491 e. The topological polar surface area (TPSA) is 146 Å². The molecule has 4 rings (SSSR count). The fourth-order valence-corrected chi connectivity index (χ4v) is 4.01. The van der Waals surface area contributed by atoms with Gasteiger partial charge in [-0.1, -0.05) is 36.4 Å². The van der Waals surface area contributed by atoms with Gasteiger partial charge in [0.25, 0.3) is 0 Å². The summed E-state index contributed by atoms with van der Waals surface area (Å²) in [7, 11) is 0. The molecule has 2 aromatic heterocycles. The van der Waals surface area contributed by atoms with Gasteiger partial charge < -0.3 is 29.8 Å². The minimum absolute atomic E-state index is 0.100. The first-order valence-corrected chi connectivity index (χ1v) is 12.5. The molecule has 0 fully saturated rings. The molecule has 38 heavy (non-hydrogen) atoms. The Kier molecular flexibility index (Phi) is 10.8. The number of carbonyl (C=O) groups is 2. The molecule has 0 aliphatic heterocycles. The van der Waals surface area contributed by atoms with E-state index in [-0.39, 0.29) is 12.0 Å². The lowest BCUT2D eigenvalue weighted by Gasteiger charge is -2.13. The van der Waals surface area contributed by atoms with Crippen LogP contribution in [0.1, 0.15) is 4.88 Å². The van der Waals surface area contributed by atoms with Crippen LogP contribution in [0.3, 0.4) is 0 Å². The summed E-state index contributed by atoms with van der Waals surface area (Å²) < 4.78 is 11.7. The van der Waals surface area contributed by atoms with Crippen LogP contribution >= 0.6 is 11.3 Å². The van der Waals surface area contributed by atoms with Crippen LogP contribution < -0.4 is 15.5 Å². The molecule has 0 saturated heterocycles. The van der Waals surface area contributed by atoms with Gasteiger partial charge in [-0.3, -0.25) is 4.79 Å². The number of carboxylic acids is 2. The maximum absolute atomic E-state index is 12.4. The lowest BCUT2D eigenvalue weighted by Crippen LogP contribution is -2.32. The molecule has 4 aromatic rings. The van der Waals surface area contributed by atoms with E-state index in [1.165, 1.54) is 10.9 Å². The van der Waals surface area contributed by atoms with Crippen LogP contribution in [0.4, 0.5) is 0 Å². The van der Waals surface area contributed by atoms with E-state index in [4.69, 9.17) is 19.4 Å². The van der Waals surface area contributed by atoms with Crippen LogP contribution in [-0.4, -0.2) is 53.1 Å². The summed E-state index contributed by atoms with van der Waals surface area (Å²) in [5, 5.41) is 31.6. The van der Waals surface area contributed by atoms with Gasteiger partial charge in [0.1, 0.15) is 29.8 Å². The van der Waals surface area contributed by atoms with E-state index in [9.17, 15) is 19.5 Å². The number of ether oxygens (including phenoxy) is 1. The summed E-state index contributed by atoms with van der Waals surface area (Å²) >= 11 is 1.73. The van der Waals surface area contributed by atoms with Crippen molar-refractivity contribution in [2.24, 2.45) is 0 Å². The average Bonchev–Trinajstić information content (AvgIpc) is 3.43. The molecular weight excluding hydrogens is 510 g/mol. The van der Waals surface area contributed by atoms with Crippen molar-refractivity contribution in [3.05, 3.63) is 99.4 Å². The number of thiophene rings is 1. The van der Waals surface area contributed by atoms with Gasteiger partial charge in [0.05, 0.1) is 5.39 Å². The first kappa shape index (κ1) is 28.3. The second kappa shape index (κ2) is 14.5. The van der Waals surface area contributed by atoms with Gasteiger partial charge in [-0.2, -0.15) is 0 Å². The molecule has 2 aromatic carbocycles. The molecule has 0 saturated carbocycles. The number of carboxylic acid groups (broad SMARTS) is 2. The molecule has 1 unspecified atom stereocenters. The number of aliphatic hydroxyl groups is 1. The molecule has 0 bridgehead atoms. The zero-order valence-corrected chi connectivity index (χ0v) is 21.1. The zero-order valence-electron chi connectivity index (χ0n) is 20.3. The molecule has 0 spiro atoms. The van der Waals surface area contributed by atoms with Crippen molar-refractivity contribution in [2.75, 3.05) is 19.7 Å². The summed E-state index contributed by atoms with van der Waals surface area (Å²) in [6.45, 7) is 1.41. The predicted octanol–water partition coefficient (Wildman–Crippen LogP) is 3.81. The summed E-state index contributed by atoms with van der Waals surface area (Å²) in [5.41, 5.74) is 1.20. The Labute approximate surface area is 222 Å². The quantitative estimate of drug-likeness (QED) is 0.166. The molecule has 2 heterocycles. The normalized spacial score (nSPS) is 11.6. The lowest BCUT2D eigenvalue weighted by molar-refractivity contribution is -0.134. The van der Waals surface area contributed by atoms with Gasteiger partial charge in [0, 0.05) is 47.8 Å². The van der Waals surface area contributed by atoms with Gasteiger partial charge in [-0.25, -0.2) is 9.59 Å². The van der Waals surface area contributed by atoms with Crippen LogP contribution in [0.5, 0.6) is 5.75 Å². The summed E-state index contributed by atoms with van der Waals surface area (Å²) in [4.78, 5) is 32.9. The first-order valence-electron chi connectivity index (χ1n) is 11.6. The van der Waals surface area contributed by atoms with Crippen LogP contribution in [0.25, 0.3) is 22.3 Å². The van der Waals surface area contributed by atoms with Gasteiger partial charge in [0.2, 0.25) is 0 Å². The number of benzene rings is 2. The monoisotopic (exact) mass is 537 g/mol. The van der Waals surface area contributed by atoms with Gasteiger partial charge in [0.15, 0.2) is 5.43 Å². The second-order valence-electron chi connectivity index (χ2n) is 8.01. The average molecular weight is 538 g/mol. The summed E-state index contributed by atoms with van der Waals surface area (Å²) in [6.07, 6.45) is 1.43. The highest BCUT2D eigenvalue weighted by Gasteiger charge is 2.10. The maximum atomic E-state index is 12.4. The highest BCUT2D eigenvalue weighted by molar-refractivity contribution is 7.09. The molecule has 0 aliphatic rings. The van der Waals surface area contributed by atoms with Gasteiger partial charge in [-0.05, 0) is 30.0 Å². The number of aliphatic hydroxyl groups excluding tert-OH is 1. The van der Waals surface area contributed by atoms with Crippen LogP contribution in [0.15, 0.2) is 93.5 Å². The SMILES string of the molecule is O=C(O)/C=C\C(=O)O.O=c1cc(-c2ccccc2)oc2cc(OCC(O)CNCCc3cccs3)ccc12. The fraction of sp³-hybridized carbons (Fsp3) is 0.179. The Morgan fingerprint density at radius 1 is 1.00 bits per heavy atom. The molecule has 0 radical (unpaired) electrons. The first-order chi connectivity index (χ1) is 18.3. The van der Waals surface area contributed by atoms with E-state index < -0.39 is 18.0 Å². The Morgan fingerprint density at radius 3 is 2.39 bits per heavy atom. The van der Waals surface area contributed by atoms with E-state index >= 15 is 0 Å². The number of nitrogens with one attached hydrogen (secondary N) is 1. The second-order valence-corrected chi connectivity index (χ2v) is 9.04. The Bertz CT molecular complexity index is 1400. The Hall–Kier alpha value is -4.25. The van der Waals surface area contributed by atoms with E-state index in [2.05, 4.69) is 16.8 Å². The number of fused-ring (bicyclic) bond motifs is 1. The summed E-state index contributed by atoms with van der Waals surface area (Å²) in [5.74, 6) is -1.45. The molecular formula is C28H27NO8S. The number of aliphatic carboxylic acids is 2. The van der Waals surface area contributed by atoms with Crippen molar-refractivity contribution < 1.29 is 34.1 Å². The number of rotatable bonds is 11. The van der Waals surface area contributed by atoms with Gasteiger partial charge >= 0.3 is 11.9 Å². The van der Waals surface area contributed by atoms with Crippen molar-refractivity contribution in [2.45, 2.75) is 12.5 Å². The van der Waals surface area contributed by atoms with E-state index in [0.717, 1.165) is 18.5 Å². The summed E-state index contributed by atoms with van der Waals surface area (Å²) in [6, 6.07) is 20.3. The highest BCUT2D eigenvalue weighted by Crippen LogP contribution is 2.24.